The molecule has 0 radical (unpaired) electrons. The van der Waals surface area contributed by atoms with Crippen molar-refractivity contribution in [3.8, 4) is 0 Å². The van der Waals surface area contributed by atoms with E-state index in [1.54, 1.807) is 5.48 Å². The number of nitrogens with one attached hydrogen (secondary N) is 1. The predicted molar refractivity (Wildman–Crippen MR) is 55.9 cm³/mol. The van der Waals surface area contributed by atoms with Gasteiger partial charge in [0, 0.05) is 6.04 Å². The highest BCUT2D eigenvalue weighted by Gasteiger charge is 2.16. The van der Waals surface area contributed by atoms with Crippen molar-refractivity contribution in [3.05, 3.63) is 0 Å². The van der Waals surface area contributed by atoms with E-state index >= 15 is 0 Å². The second kappa shape index (κ2) is 8.43. The summed E-state index contributed by atoms with van der Waals surface area (Å²) in [5.41, 5.74) is 7.35. The number of carboxylic acid groups (broad SMARTS) is 1. The first-order chi connectivity index (χ1) is 7.51. The summed E-state index contributed by atoms with van der Waals surface area (Å²) >= 11 is 0. The van der Waals surface area contributed by atoms with Gasteiger partial charge in [-0.25, -0.2) is 0 Å². The summed E-state index contributed by atoms with van der Waals surface area (Å²) in [5.74, 6) is -1.12. The fourth-order valence-corrected chi connectivity index (χ4v) is 1.37. The van der Waals surface area contributed by atoms with Gasteiger partial charge in [0.05, 0.1) is 12.7 Å². The molecule has 0 aliphatic carbocycles. The Balaban J connectivity index is 3.67. The average Bonchev–Trinajstić information content (AvgIpc) is 2.23. The molecule has 0 aliphatic heterocycles. The molecule has 0 spiro atoms. The van der Waals surface area contributed by atoms with Gasteiger partial charge in [0.2, 0.25) is 0 Å². The lowest BCUT2D eigenvalue weighted by molar-refractivity contribution is -0.142. The van der Waals surface area contributed by atoms with E-state index in [1.165, 1.54) is 0 Å². The lowest BCUT2D eigenvalue weighted by Crippen LogP contribution is -2.35. The zero-order valence-corrected chi connectivity index (χ0v) is 9.04. The molecule has 0 saturated carbocycles. The van der Waals surface area contributed by atoms with E-state index in [1.807, 2.05) is 0 Å². The Kier molecular flexibility index (Phi) is 8.04. The first-order valence-electron chi connectivity index (χ1n) is 5.18. The molecule has 0 fully saturated rings. The molecule has 16 heavy (non-hydrogen) atoms. The van der Waals surface area contributed by atoms with Gasteiger partial charge in [0.1, 0.15) is 6.04 Å². The van der Waals surface area contributed by atoms with Crippen LogP contribution >= 0.6 is 0 Å². The second-order valence-electron chi connectivity index (χ2n) is 3.78. The second-order valence-corrected chi connectivity index (χ2v) is 3.78. The van der Waals surface area contributed by atoms with Crippen molar-refractivity contribution in [2.45, 2.75) is 43.9 Å². The van der Waals surface area contributed by atoms with Crippen molar-refractivity contribution >= 4 is 5.97 Å². The Hall–Kier alpha value is -0.730. The Bertz CT molecular complexity index is 202. The van der Waals surface area contributed by atoms with Crippen LogP contribution in [0.25, 0.3) is 0 Å². The molecule has 7 heteroatoms. The molecule has 0 aromatic rings. The normalized spacial score (nSPS) is 16.8. The standard InChI is InChI=1S/C9H20N2O5/c10-6(4-7(13)5-12)2-1-3-8(11-16)9(14)15/h6-8,11-13,16H,1-5,10H2,(H,14,15)/t6?,7?,8-/m0/s1. The van der Waals surface area contributed by atoms with Crippen molar-refractivity contribution in [2.75, 3.05) is 6.61 Å². The quantitative estimate of drug-likeness (QED) is 0.273. The number of aliphatic carboxylic acids is 1. The van der Waals surface area contributed by atoms with E-state index in [-0.39, 0.29) is 25.5 Å². The molecule has 0 bridgehead atoms. The molecule has 96 valence electrons. The minimum atomic E-state index is -1.12. The van der Waals surface area contributed by atoms with Gasteiger partial charge >= 0.3 is 5.97 Å². The minimum Gasteiger partial charge on any atom is -0.480 e. The molecular formula is C9H20N2O5. The van der Waals surface area contributed by atoms with E-state index in [2.05, 4.69) is 0 Å². The number of aliphatic hydroxyl groups is 2. The number of aliphatic hydroxyl groups excluding tert-OH is 2. The lowest BCUT2D eigenvalue weighted by atomic mass is 10.0. The molecule has 7 nitrogen and oxygen atoms in total. The molecule has 0 aliphatic rings. The number of carbonyl (C=O) groups is 1. The van der Waals surface area contributed by atoms with Crippen molar-refractivity contribution in [2.24, 2.45) is 5.73 Å². The Labute approximate surface area is 93.8 Å². The van der Waals surface area contributed by atoms with Gasteiger partial charge in [0.25, 0.3) is 0 Å². The third kappa shape index (κ3) is 6.70. The molecule has 0 amide bonds. The van der Waals surface area contributed by atoms with Gasteiger partial charge in [-0.1, -0.05) is 0 Å². The summed E-state index contributed by atoms with van der Waals surface area (Å²) in [6.07, 6.45) is 0.753. The van der Waals surface area contributed by atoms with Gasteiger partial charge < -0.3 is 26.3 Å². The number of nitrogens with two attached hydrogens (primary N) is 1. The molecule has 0 aromatic heterocycles. The van der Waals surface area contributed by atoms with Crippen molar-refractivity contribution in [1.82, 2.24) is 5.48 Å². The summed E-state index contributed by atoms with van der Waals surface area (Å²) in [7, 11) is 0. The largest absolute Gasteiger partial charge is 0.480 e. The van der Waals surface area contributed by atoms with E-state index in [0.29, 0.717) is 12.8 Å². The van der Waals surface area contributed by atoms with E-state index in [0.717, 1.165) is 0 Å². The van der Waals surface area contributed by atoms with Gasteiger partial charge in [0.15, 0.2) is 0 Å². The predicted octanol–water partition coefficient (Wildman–Crippen LogP) is -1.34. The van der Waals surface area contributed by atoms with Gasteiger partial charge in [-0.15, -0.1) is 0 Å². The van der Waals surface area contributed by atoms with Crippen molar-refractivity contribution in [1.29, 1.82) is 0 Å². The van der Waals surface area contributed by atoms with Crippen LogP contribution < -0.4 is 11.2 Å². The molecule has 2 unspecified atom stereocenters. The molecule has 0 rings (SSSR count). The first kappa shape index (κ1) is 15.3. The number of hydrogen-bond acceptors (Lipinski definition) is 6. The van der Waals surface area contributed by atoms with Gasteiger partial charge in [-0.2, -0.15) is 5.48 Å². The van der Waals surface area contributed by atoms with Crippen LogP contribution in [-0.2, 0) is 4.79 Å². The summed E-state index contributed by atoms with van der Waals surface area (Å²) < 4.78 is 0. The zero-order valence-electron chi connectivity index (χ0n) is 9.04. The number of carboxylic acids is 1. The lowest BCUT2D eigenvalue weighted by Gasteiger charge is -2.15. The van der Waals surface area contributed by atoms with Crippen LogP contribution in [0.2, 0.25) is 0 Å². The van der Waals surface area contributed by atoms with Gasteiger partial charge in [-0.3, -0.25) is 4.79 Å². The monoisotopic (exact) mass is 236 g/mol. The van der Waals surface area contributed by atoms with Crippen LogP contribution in [0.1, 0.15) is 25.7 Å². The maximum Gasteiger partial charge on any atom is 0.323 e. The van der Waals surface area contributed by atoms with Crippen LogP contribution in [0, 0.1) is 0 Å². The minimum absolute atomic E-state index is 0.259. The van der Waals surface area contributed by atoms with Crippen LogP contribution in [0.4, 0.5) is 0 Å². The molecular weight excluding hydrogens is 216 g/mol. The number of hydroxylamine groups is 1. The fourth-order valence-electron chi connectivity index (χ4n) is 1.37. The third-order valence-electron chi connectivity index (χ3n) is 2.31. The molecule has 0 heterocycles. The smallest absolute Gasteiger partial charge is 0.323 e. The molecule has 0 saturated heterocycles. The van der Waals surface area contributed by atoms with Crippen LogP contribution in [0.3, 0.4) is 0 Å². The molecule has 0 aromatic carbocycles. The molecule has 7 N–H and O–H groups in total. The maximum absolute atomic E-state index is 10.5. The third-order valence-corrected chi connectivity index (χ3v) is 2.31. The van der Waals surface area contributed by atoms with Crippen LogP contribution in [0.5, 0.6) is 0 Å². The Morgan fingerprint density at radius 3 is 2.44 bits per heavy atom. The van der Waals surface area contributed by atoms with E-state index in [4.69, 9.17) is 26.3 Å². The molecule has 3 atom stereocenters. The summed E-state index contributed by atoms with van der Waals surface area (Å²) in [6.45, 7) is -0.330. The highest BCUT2D eigenvalue weighted by molar-refractivity contribution is 5.73. The topological polar surface area (TPSA) is 136 Å². The van der Waals surface area contributed by atoms with E-state index < -0.39 is 18.1 Å². The first-order valence-corrected chi connectivity index (χ1v) is 5.18. The van der Waals surface area contributed by atoms with Crippen LogP contribution in [0.15, 0.2) is 0 Å². The van der Waals surface area contributed by atoms with Crippen LogP contribution in [-0.4, -0.2) is 51.3 Å². The number of hydrogen-bond donors (Lipinski definition) is 6. The average molecular weight is 236 g/mol. The summed E-state index contributed by atoms with van der Waals surface area (Å²) in [6, 6.07) is -1.27. The van der Waals surface area contributed by atoms with E-state index in [9.17, 15) is 4.79 Å². The Morgan fingerprint density at radius 1 is 1.38 bits per heavy atom. The van der Waals surface area contributed by atoms with Crippen molar-refractivity contribution in [3.63, 3.8) is 0 Å². The van der Waals surface area contributed by atoms with Gasteiger partial charge in [-0.05, 0) is 25.7 Å². The zero-order chi connectivity index (χ0) is 12.6. The van der Waals surface area contributed by atoms with Crippen molar-refractivity contribution < 1.29 is 25.3 Å². The summed E-state index contributed by atoms with van der Waals surface area (Å²) in [4.78, 5) is 10.5. The number of rotatable bonds is 9. The SMILES string of the molecule is NC(CCC[C@H](NO)C(=O)O)CC(O)CO. The highest BCUT2D eigenvalue weighted by Crippen LogP contribution is 2.07. The highest BCUT2D eigenvalue weighted by atomic mass is 16.5. The summed E-state index contributed by atoms with van der Waals surface area (Å²) in [5, 5.41) is 34.8. The fraction of sp³-hybridized carbons (Fsp3) is 0.889. The maximum atomic E-state index is 10.5. The Morgan fingerprint density at radius 2 is 2.00 bits per heavy atom.